The molecule has 4 heteroatoms. The fourth-order valence-electron chi connectivity index (χ4n) is 4.67. The van der Waals surface area contributed by atoms with Gasteiger partial charge in [0.25, 0.3) is 0 Å². The SMILES string of the molecule is CCCC[C@@H]1C(=O)[C@@H]2[C@@H](CO)C[C@@H](COC(C)=O)[C@@H]2[C@H]1C. The van der Waals surface area contributed by atoms with Crippen LogP contribution in [0.2, 0.25) is 0 Å². The van der Waals surface area contributed by atoms with E-state index in [0.29, 0.717) is 18.3 Å². The fourth-order valence-corrected chi connectivity index (χ4v) is 4.67. The van der Waals surface area contributed by atoms with E-state index in [9.17, 15) is 14.7 Å². The highest BCUT2D eigenvalue weighted by atomic mass is 16.5. The van der Waals surface area contributed by atoms with Crippen LogP contribution in [-0.4, -0.2) is 30.1 Å². The Labute approximate surface area is 127 Å². The number of Topliss-reactive ketones (excluding diaryl/α,β-unsaturated/α-hetero) is 1. The molecule has 0 bridgehead atoms. The summed E-state index contributed by atoms with van der Waals surface area (Å²) in [7, 11) is 0. The second kappa shape index (κ2) is 6.91. The average molecular weight is 296 g/mol. The van der Waals surface area contributed by atoms with Gasteiger partial charge >= 0.3 is 5.97 Å². The Kier molecular flexibility index (Phi) is 5.42. The van der Waals surface area contributed by atoms with E-state index >= 15 is 0 Å². The predicted molar refractivity (Wildman–Crippen MR) is 79.5 cm³/mol. The van der Waals surface area contributed by atoms with Gasteiger partial charge < -0.3 is 9.84 Å². The summed E-state index contributed by atoms with van der Waals surface area (Å²) in [6.45, 7) is 6.19. The maximum Gasteiger partial charge on any atom is 0.302 e. The number of aliphatic hydroxyl groups excluding tert-OH is 1. The first-order valence-corrected chi connectivity index (χ1v) is 8.29. The molecule has 0 aromatic rings. The Morgan fingerprint density at radius 3 is 2.67 bits per heavy atom. The van der Waals surface area contributed by atoms with Crippen LogP contribution in [0.3, 0.4) is 0 Å². The van der Waals surface area contributed by atoms with E-state index in [1.165, 1.54) is 6.92 Å². The van der Waals surface area contributed by atoms with E-state index in [-0.39, 0.29) is 42.2 Å². The number of ketones is 1. The van der Waals surface area contributed by atoms with Crippen molar-refractivity contribution in [2.45, 2.75) is 46.5 Å². The quantitative estimate of drug-likeness (QED) is 0.765. The predicted octanol–water partition coefficient (Wildman–Crippen LogP) is 2.44. The van der Waals surface area contributed by atoms with Gasteiger partial charge in [0.05, 0.1) is 6.61 Å². The third kappa shape index (κ3) is 3.15. The molecule has 4 nitrogen and oxygen atoms in total. The van der Waals surface area contributed by atoms with Crippen LogP contribution in [0.1, 0.15) is 46.5 Å². The second-order valence-corrected chi connectivity index (χ2v) is 6.85. The molecular weight excluding hydrogens is 268 g/mol. The maximum absolute atomic E-state index is 12.7. The minimum absolute atomic E-state index is 0.0209. The summed E-state index contributed by atoms with van der Waals surface area (Å²) in [4.78, 5) is 23.8. The van der Waals surface area contributed by atoms with Crippen LogP contribution in [0, 0.1) is 35.5 Å². The first-order chi connectivity index (χ1) is 10.0. The van der Waals surface area contributed by atoms with Crippen molar-refractivity contribution in [2.24, 2.45) is 35.5 Å². The van der Waals surface area contributed by atoms with Gasteiger partial charge in [-0.25, -0.2) is 0 Å². The van der Waals surface area contributed by atoms with Crippen molar-refractivity contribution in [3.63, 3.8) is 0 Å². The highest BCUT2D eigenvalue weighted by Crippen LogP contribution is 2.54. The van der Waals surface area contributed by atoms with Gasteiger partial charge in [0, 0.05) is 25.4 Å². The summed E-state index contributed by atoms with van der Waals surface area (Å²) in [6.07, 6.45) is 3.95. The number of carbonyl (C=O) groups excluding carboxylic acids is 2. The molecule has 0 saturated heterocycles. The Bertz CT molecular complexity index is 392. The molecule has 21 heavy (non-hydrogen) atoms. The minimum atomic E-state index is -0.265. The number of carbonyl (C=O) groups is 2. The number of hydrogen-bond acceptors (Lipinski definition) is 4. The Morgan fingerprint density at radius 1 is 1.38 bits per heavy atom. The lowest BCUT2D eigenvalue weighted by molar-refractivity contribution is -0.142. The van der Waals surface area contributed by atoms with E-state index in [2.05, 4.69) is 13.8 Å². The van der Waals surface area contributed by atoms with Crippen LogP contribution in [0.4, 0.5) is 0 Å². The molecule has 0 amide bonds. The highest BCUT2D eigenvalue weighted by molar-refractivity contribution is 5.87. The summed E-state index contributed by atoms with van der Waals surface area (Å²) in [5, 5.41) is 9.61. The molecule has 0 heterocycles. The number of hydrogen-bond donors (Lipinski definition) is 1. The van der Waals surface area contributed by atoms with E-state index in [1.54, 1.807) is 0 Å². The maximum atomic E-state index is 12.7. The Morgan fingerprint density at radius 2 is 2.10 bits per heavy atom. The normalized spacial score (nSPS) is 38.6. The first-order valence-electron chi connectivity index (χ1n) is 8.29. The van der Waals surface area contributed by atoms with Crippen molar-refractivity contribution in [3.8, 4) is 0 Å². The summed E-state index contributed by atoms with van der Waals surface area (Å²) in [5.74, 6) is 1.09. The van der Waals surface area contributed by atoms with E-state index < -0.39 is 0 Å². The molecular formula is C17H28O4. The van der Waals surface area contributed by atoms with Gasteiger partial charge in [0.1, 0.15) is 5.78 Å². The van der Waals surface area contributed by atoms with Gasteiger partial charge in [0.15, 0.2) is 0 Å². The van der Waals surface area contributed by atoms with Crippen molar-refractivity contribution in [3.05, 3.63) is 0 Å². The van der Waals surface area contributed by atoms with E-state index in [0.717, 1.165) is 25.7 Å². The number of aliphatic hydroxyl groups is 1. The van der Waals surface area contributed by atoms with Crippen molar-refractivity contribution in [2.75, 3.05) is 13.2 Å². The molecule has 120 valence electrons. The molecule has 0 aliphatic heterocycles. The summed E-state index contributed by atoms with van der Waals surface area (Å²) in [5.41, 5.74) is 0. The zero-order chi connectivity index (χ0) is 15.6. The van der Waals surface area contributed by atoms with Gasteiger partial charge in [0.2, 0.25) is 0 Å². The van der Waals surface area contributed by atoms with Gasteiger partial charge in [-0.2, -0.15) is 0 Å². The summed E-state index contributed by atoms with van der Waals surface area (Å²) >= 11 is 0. The fraction of sp³-hybridized carbons (Fsp3) is 0.882. The third-order valence-corrected chi connectivity index (χ3v) is 5.61. The van der Waals surface area contributed by atoms with Crippen molar-refractivity contribution >= 4 is 11.8 Å². The second-order valence-electron chi connectivity index (χ2n) is 6.85. The molecule has 2 rings (SSSR count). The van der Waals surface area contributed by atoms with E-state index in [4.69, 9.17) is 4.74 Å². The molecule has 2 saturated carbocycles. The van der Waals surface area contributed by atoms with Crippen LogP contribution in [0.5, 0.6) is 0 Å². The Hall–Kier alpha value is -0.900. The van der Waals surface area contributed by atoms with Crippen LogP contribution < -0.4 is 0 Å². The molecule has 2 aliphatic carbocycles. The molecule has 0 aromatic carbocycles. The Balaban J connectivity index is 2.12. The number of fused-ring (bicyclic) bond motifs is 1. The average Bonchev–Trinajstić information content (AvgIpc) is 2.93. The third-order valence-electron chi connectivity index (χ3n) is 5.61. The van der Waals surface area contributed by atoms with Crippen LogP contribution in [0.15, 0.2) is 0 Å². The first kappa shape index (κ1) is 16.5. The van der Waals surface area contributed by atoms with Gasteiger partial charge in [-0.1, -0.05) is 26.7 Å². The molecule has 0 aromatic heterocycles. The zero-order valence-corrected chi connectivity index (χ0v) is 13.4. The molecule has 1 N–H and O–H groups in total. The number of ether oxygens (including phenoxy) is 1. The zero-order valence-electron chi connectivity index (χ0n) is 13.4. The monoisotopic (exact) mass is 296 g/mol. The minimum Gasteiger partial charge on any atom is -0.466 e. The highest BCUT2D eigenvalue weighted by Gasteiger charge is 2.57. The largest absolute Gasteiger partial charge is 0.466 e. The van der Waals surface area contributed by atoms with Crippen molar-refractivity contribution in [1.29, 1.82) is 0 Å². The van der Waals surface area contributed by atoms with Crippen molar-refractivity contribution in [1.82, 2.24) is 0 Å². The summed E-state index contributed by atoms with van der Waals surface area (Å²) in [6, 6.07) is 0. The van der Waals surface area contributed by atoms with Crippen LogP contribution in [0.25, 0.3) is 0 Å². The lowest BCUT2D eigenvalue weighted by Crippen LogP contribution is -2.23. The molecule has 2 aliphatic rings. The number of esters is 1. The van der Waals surface area contributed by atoms with E-state index in [1.807, 2.05) is 0 Å². The van der Waals surface area contributed by atoms with Crippen molar-refractivity contribution < 1.29 is 19.4 Å². The topological polar surface area (TPSA) is 63.6 Å². The smallest absolute Gasteiger partial charge is 0.302 e. The molecule has 0 spiro atoms. The lowest BCUT2D eigenvalue weighted by Gasteiger charge is -2.24. The molecule has 2 fully saturated rings. The number of unbranched alkanes of at least 4 members (excludes halogenated alkanes) is 1. The summed E-state index contributed by atoms with van der Waals surface area (Å²) < 4.78 is 5.19. The lowest BCUT2D eigenvalue weighted by atomic mass is 9.82. The van der Waals surface area contributed by atoms with Crippen LogP contribution >= 0.6 is 0 Å². The number of rotatable bonds is 6. The van der Waals surface area contributed by atoms with Gasteiger partial charge in [-0.05, 0) is 36.5 Å². The van der Waals surface area contributed by atoms with Crippen LogP contribution in [-0.2, 0) is 14.3 Å². The molecule has 0 unspecified atom stereocenters. The molecule has 6 atom stereocenters. The standard InChI is InChI=1S/C17H28O4/c1-4-5-6-14-10(2)15-13(9-21-11(3)19)7-12(8-18)16(15)17(14)20/h10,12-16,18H,4-9H2,1-3H3/t10-,12+,13-,14-,15-,16+/m0/s1. The molecule has 0 radical (unpaired) electrons. The van der Waals surface area contributed by atoms with Gasteiger partial charge in [-0.3, -0.25) is 9.59 Å². The van der Waals surface area contributed by atoms with Gasteiger partial charge in [-0.15, -0.1) is 0 Å².